The molecule has 1 amide bonds. The van der Waals surface area contributed by atoms with E-state index in [9.17, 15) is 17.6 Å². The van der Waals surface area contributed by atoms with E-state index in [4.69, 9.17) is 11.6 Å². The van der Waals surface area contributed by atoms with Gasteiger partial charge in [-0.25, -0.2) is 12.8 Å². The number of rotatable bonds is 8. The Hall–Kier alpha value is -1.57. The van der Waals surface area contributed by atoms with Crippen molar-refractivity contribution in [3.63, 3.8) is 0 Å². The smallest absolute Gasteiger partial charge is 0.241 e. The van der Waals surface area contributed by atoms with Crippen molar-refractivity contribution in [2.75, 3.05) is 12.3 Å². The minimum absolute atomic E-state index is 0.117. The van der Waals surface area contributed by atoms with Crippen molar-refractivity contribution in [1.29, 1.82) is 0 Å². The Bertz CT molecular complexity index is 911. The van der Waals surface area contributed by atoms with Gasteiger partial charge in [0, 0.05) is 16.5 Å². The molecule has 1 saturated carbocycles. The Morgan fingerprint density at radius 1 is 1.11 bits per heavy atom. The highest BCUT2D eigenvalue weighted by Gasteiger charge is 2.60. The first-order chi connectivity index (χ1) is 12.8. The highest BCUT2D eigenvalue weighted by Crippen LogP contribution is 2.47. The van der Waals surface area contributed by atoms with Crippen molar-refractivity contribution < 1.29 is 17.6 Å². The van der Waals surface area contributed by atoms with E-state index in [1.54, 1.807) is 23.9 Å². The Labute approximate surface area is 167 Å². The first-order valence-electron chi connectivity index (χ1n) is 8.52. The maximum absolute atomic E-state index is 12.9. The third kappa shape index (κ3) is 4.47. The number of hydrogen-bond acceptors (Lipinski definition) is 4. The molecule has 1 fully saturated rings. The third-order valence-electron chi connectivity index (χ3n) is 4.45. The fourth-order valence-electron chi connectivity index (χ4n) is 2.73. The van der Waals surface area contributed by atoms with Crippen molar-refractivity contribution >= 4 is 39.1 Å². The van der Waals surface area contributed by atoms with Gasteiger partial charge in [0.1, 0.15) is 5.82 Å². The summed E-state index contributed by atoms with van der Waals surface area (Å²) in [5, 5.41) is 3.20. The minimum atomic E-state index is -3.74. The van der Waals surface area contributed by atoms with E-state index in [2.05, 4.69) is 5.32 Å². The molecule has 0 saturated heterocycles. The number of thioether (sulfide) groups is 1. The van der Waals surface area contributed by atoms with Crippen LogP contribution in [-0.2, 0) is 14.6 Å². The van der Waals surface area contributed by atoms with Crippen molar-refractivity contribution in [1.82, 2.24) is 5.32 Å². The number of amides is 1. The zero-order chi connectivity index (χ0) is 19.5. The molecule has 1 aliphatic rings. The summed E-state index contributed by atoms with van der Waals surface area (Å²) in [6.45, 7) is 0.394. The second-order valence-electron chi connectivity index (χ2n) is 6.36. The van der Waals surface area contributed by atoms with Gasteiger partial charge in [0.2, 0.25) is 5.91 Å². The first-order valence-corrected chi connectivity index (χ1v) is 11.4. The van der Waals surface area contributed by atoms with Crippen LogP contribution in [0.25, 0.3) is 0 Å². The van der Waals surface area contributed by atoms with E-state index in [0.29, 0.717) is 30.8 Å². The van der Waals surface area contributed by atoms with E-state index < -0.39 is 20.5 Å². The summed E-state index contributed by atoms with van der Waals surface area (Å²) in [6, 6.07) is 12.1. The molecule has 0 aromatic heterocycles. The molecular weight excluding hydrogens is 409 g/mol. The summed E-state index contributed by atoms with van der Waals surface area (Å²) < 4.78 is 37.2. The van der Waals surface area contributed by atoms with E-state index in [1.807, 2.05) is 0 Å². The van der Waals surface area contributed by atoms with Gasteiger partial charge in [0.25, 0.3) is 0 Å². The molecule has 1 aliphatic carbocycles. The lowest BCUT2D eigenvalue weighted by Crippen LogP contribution is -2.42. The van der Waals surface area contributed by atoms with Crippen LogP contribution in [0.5, 0.6) is 0 Å². The average molecular weight is 428 g/mol. The Balaban J connectivity index is 1.51. The number of sulfone groups is 1. The largest absolute Gasteiger partial charge is 0.355 e. The number of carbonyl (C=O) groups is 1. The van der Waals surface area contributed by atoms with Crippen LogP contribution in [0.3, 0.4) is 0 Å². The van der Waals surface area contributed by atoms with E-state index in [-0.39, 0.29) is 10.7 Å². The molecule has 0 bridgehead atoms. The Morgan fingerprint density at radius 2 is 1.74 bits per heavy atom. The SMILES string of the molecule is O=C(NCCCSc1ccc(F)cc1)C1(S(=O)(=O)c2ccc(Cl)cc2)CC1. The predicted octanol–water partition coefficient (Wildman–Crippen LogP) is 4.08. The van der Waals surface area contributed by atoms with Crippen LogP contribution in [0.1, 0.15) is 19.3 Å². The Kier molecular flexibility index (Phi) is 6.13. The standard InChI is InChI=1S/C19H19ClFNO3S2/c20-14-2-8-17(9-3-14)27(24,25)19(10-11-19)18(23)22-12-1-13-26-16-6-4-15(21)5-7-16/h2-9H,1,10-13H2,(H,22,23). The van der Waals surface area contributed by atoms with Crippen molar-refractivity contribution in [2.45, 2.75) is 33.8 Å². The van der Waals surface area contributed by atoms with Gasteiger partial charge < -0.3 is 5.32 Å². The molecule has 4 nitrogen and oxygen atoms in total. The zero-order valence-electron chi connectivity index (χ0n) is 14.5. The highest BCUT2D eigenvalue weighted by atomic mass is 35.5. The molecule has 0 heterocycles. The molecule has 2 aromatic rings. The van der Waals surface area contributed by atoms with Gasteiger partial charge in [0.05, 0.1) is 4.90 Å². The Morgan fingerprint density at radius 3 is 2.33 bits per heavy atom. The lowest BCUT2D eigenvalue weighted by atomic mass is 10.3. The number of hydrogen-bond donors (Lipinski definition) is 1. The summed E-state index contributed by atoms with van der Waals surface area (Å²) in [5.74, 6) is 0.0236. The van der Waals surface area contributed by atoms with E-state index in [1.165, 1.54) is 36.4 Å². The third-order valence-corrected chi connectivity index (χ3v) is 8.31. The molecule has 8 heteroatoms. The van der Waals surface area contributed by atoms with Crippen molar-refractivity contribution in [3.05, 3.63) is 59.4 Å². The average Bonchev–Trinajstić information content (AvgIpc) is 3.46. The molecule has 144 valence electrons. The van der Waals surface area contributed by atoms with Crippen LogP contribution >= 0.6 is 23.4 Å². The quantitative estimate of drug-likeness (QED) is 0.509. The molecular formula is C19H19ClFNO3S2. The van der Waals surface area contributed by atoms with Crippen LogP contribution in [0.15, 0.2) is 58.3 Å². The molecule has 0 aliphatic heterocycles. The van der Waals surface area contributed by atoms with Crippen LogP contribution in [-0.4, -0.2) is 31.4 Å². The highest BCUT2D eigenvalue weighted by molar-refractivity contribution is 7.99. The van der Waals surface area contributed by atoms with Gasteiger partial charge in [0.15, 0.2) is 14.6 Å². The van der Waals surface area contributed by atoms with Crippen LogP contribution in [0.2, 0.25) is 5.02 Å². The first kappa shape index (κ1) is 20.2. The van der Waals surface area contributed by atoms with Crippen LogP contribution in [0.4, 0.5) is 4.39 Å². The molecule has 0 spiro atoms. The summed E-state index contributed by atoms with van der Waals surface area (Å²) in [6.07, 6.45) is 1.34. The lowest BCUT2D eigenvalue weighted by Gasteiger charge is -2.16. The lowest BCUT2D eigenvalue weighted by molar-refractivity contribution is -0.121. The fraction of sp³-hybridized carbons (Fsp3) is 0.316. The van der Waals surface area contributed by atoms with Gasteiger partial charge in [-0.2, -0.15) is 0 Å². The van der Waals surface area contributed by atoms with Gasteiger partial charge >= 0.3 is 0 Å². The molecule has 27 heavy (non-hydrogen) atoms. The number of benzene rings is 2. The number of halogens is 2. The van der Waals surface area contributed by atoms with Crippen LogP contribution in [0, 0.1) is 5.82 Å². The molecule has 0 unspecified atom stereocenters. The second-order valence-corrected chi connectivity index (χ2v) is 10.2. The van der Waals surface area contributed by atoms with Gasteiger partial charge in [-0.15, -0.1) is 11.8 Å². The molecule has 3 rings (SSSR count). The minimum Gasteiger partial charge on any atom is -0.355 e. The van der Waals surface area contributed by atoms with Gasteiger partial charge in [-0.1, -0.05) is 11.6 Å². The monoisotopic (exact) mass is 427 g/mol. The molecule has 2 aromatic carbocycles. The molecule has 0 atom stereocenters. The maximum atomic E-state index is 12.9. The summed E-state index contributed by atoms with van der Waals surface area (Å²) in [4.78, 5) is 13.6. The summed E-state index contributed by atoms with van der Waals surface area (Å²) in [7, 11) is -3.74. The van der Waals surface area contributed by atoms with Crippen LogP contribution < -0.4 is 5.32 Å². The fourth-order valence-corrected chi connectivity index (χ4v) is 5.61. The molecule has 1 N–H and O–H groups in total. The summed E-state index contributed by atoms with van der Waals surface area (Å²) in [5.41, 5.74) is 0. The normalized spacial score (nSPS) is 15.3. The van der Waals surface area contributed by atoms with E-state index >= 15 is 0 Å². The van der Waals surface area contributed by atoms with Crippen molar-refractivity contribution in [2.24, 2.45) is 0 Å². The van der Waals surface area contributed by atoms with Crippen molar-refractivity contribution in [3.8, 4) is 0 Å². The number of nitrogens with one attached hydrogen (secondary N) is 1. The molecule has 0 radical (unpaired) electrons. The topological polar surface area (TPSA) is 63.2 Å². The second kappa shape index (κ2) is 8.20. The predicted molar refractivity (Wildman–Crippen MR) is 105 cm³/mol. The zero-order valence-corrected chi connectivity index (χ0v) is 16.8. The van der Waals surface area contributed by atoms with Gasteiger partial charge in [-0.05, 0) is 73.5 Å². The maximum Gasteiger partial charge on any atom is 0.241 e. The number of carbonyl (C=O) groups excluding carboxylic acids is 1. The van der Waals surface area contributed by atoms with E-state index in [0.717, 1.165) is 10.6 Å². The van der Waals surface area contributed by atoms with Gasteiger partial charge in [-0.3, -0.25) is 4.79 Å². The summed E-state index contributed by atoms with van der Waals surface area (Å²) >= 11 is 7.37.